The standard InChI is InChI=1S/C20H19N5O2S/c26-17(21-14-8-3-1-4-9-14)19-24-23-18(28-19)16-12-7-13-25(16)20(27)22-15-10-5-2-6-11-15/h1-6,8-11,16H,7,12-13H2,(H,21,26)(H,22,27). The summed E-state index contributed by atoms with van der Waals surface area (Å²) < 4.78 is 0. The number of nitrogens with zero attached hydrogens (tertiary/aromatic N) is 3. The van der Waals surface area contributed by atoms with Crippen LogP contribution in [0, 0.1) is 0 Å². The average molecular weight is 393 g/mol. The summed E-state index contributed by atoms with van der Waals surface area (Å²) in [6, 6.07) is 18.2. The van der Waals surface area contributed by atoms with E-state index in [1.54, 1.807) is 4.90 Å². The van der Waals surface area contributed by atoms with Gasteiger partial charge in [-0.2, -0.15) is 0 Å². The molecule has 1 aliphatic rings. The number of urea groups is 1. The third kappa shape index (κ3) is 4.01. The number of hydrogen-bond donors (Lipinski definition) is 2. The van der Waals surface area contributed by atoms with Crippen molar-refractivity contribution in [3.63, 3.8) is 0 Å². The molecule has 1 aromatic heterocycles. The van der Waals surface area contributed by atoms with Crippen LogP contribution in [-0.4, -0.2) is 33.6 Å². The smallest absolute Gasteiger partial charge is 0.320 e. The monoisotopic (exact) mass is 393 g/mol. The van der Waals surface area contributed by atoms with Crippen molar-refractivity contribution < 1.29 is 9.59 Å². The van der Waals surface area contributed by atoms with Gasteiger partial charge in [-0.15, -0.1) is 10.2 Å². The summed E-state index contributed by atoms with van der Waals surface area (Å²) in [5.74, 6) is -0.298. The molecule has 1 saturated heterocycles. The van der Waals surface area contributed by atoms with E-state index in [4.69, 9.17) is 0 Å². The number of benzene rings is 2. The summed E-state index contributed by atoms with van der Waals surface area (Å²) in [4.78, 5) is 26.8. The Bertz CT molecular complexity index is 961. The van der Waals surface area contributed by atoms with E-state index in [-0.39, 0.29) is 23.0 Å². The minimum Gasteiger partial charge on any atom is -0.320 e. The van der Waals surface area contributed by atoms with Crippen LogP contribution in [0.5, 0.6) is 0 Å². The molecule has 28 heavy (non-hydrogen) atoms. The zero-order valence-electron chi connectivity index (χ0n) is 15.0. The predicted octanol–water partition coefficient (Wildman–Crippen LogP) is 4.16. The maximum Gasteiger partial charge on any atom is 0.322 e. The van der Waals surface area contributed by atoms with Gasteiger partial charge < -0.3 is 15.5 Å². The second-order valence-electron chi connectivity index (χ2n) is 6.41. The van der Waals surface area contributed by atoms with Crippen molar-refractivity contribution in [3.05, 3.63) is 70.7 Å². The number of rotatable bonds is 4. The molecule has 0 radical (unpaired) electrons. The lowest BCUT2D eigenvalue weighted by molar-refractivity contribution is 0.102. The molecule has 2 heterocycles. The average Bonchev–Trinajstić information content (AvgIpc) is 3.39. The number of anilines is 2. The molecular formula is C20H19N5O2S. The third-order valence-corrected chi connectivity index (χ3v) is 5.51. The van der Waals surface area contributed by atoms with Crippen molar-refractivity contribution in [3.8, 4) is 0 Å². The summed E-state index contributed by atoms with van der Waals surface area (Å²) >= 11 is 1.23. The van der Waals surface area contributed by atoms with Crippen LogP contribution in [0.2, 0.25) is 0 Å². The van der Waals surface area contributed by atoms with Gasteiger partial charge in [0.25, 0.3) is 5.91 Å². The molecule has 2 N–H and O–H groups in total. The molecule has 3 aromatic rings. The zero-order chi connectivity index (χ0) is 19.3. The molecule has 2 aromatic carbocycles. The van der Waals surface area contributed by atoms with E-state index in [1.165, 1.54) is 11.3 Å². The number of amides is 3. The first kappa shape index (κ1) is 18.1. The van der Waals surface area contributed by atoms with Gasteiger partial charge in [-0.25, -0.2) is 4.79 Å². The maximum atomic E-state index is 12.7. The van der Waals surface area contributed by atoms with E-state index >= 15 is 0 Å². The number of nitrogens with one attached hydrogen (secondary N) is 2. The highest BCUT2D eigenvalue weighted by Gasteiger charge is 2.33. The van der Waals surface area contributed by atoms with E-state index in [2.05, 4.69) is 20.8 Å². The highest BCUT2D eigenvalue weighted by Crippen LogP contribution is 2.34. The molecule has 1 unspecified atom stereocenters. The molecule has 4 rings (SSSR count). The van der Waals surface area contributed by atoms with Gasteiger partial charge >= 0.3 is 6.03 Å². The Kier molecular flexibility index (Phi) is 5.29. The Balaban J connectivity index is 1.45. The first-order chi connectivity index (χ1) is 13.7. The first-order valence-corrected chi connectivity index (χ1v) is 9.85. The Labute approximate surface area is 166 Å². The van der Waals surface area contributed by atoms with Crippen LogP contribution in [0.1, 0.15) is 33.7 Å². The Morgan fingerprint density at radius 1 is 0.929 bits per heavy atom. The largest absolute Gasteiger partial charge is 0.322 e. The lowest BCUT2D eigenvalue weighted by Gasteiger charge is -2.23. The van der Waals surface area contributed by atoms with Gasteiger partial charge in [-0.05, 0) is 37.1 Å². The molecule has 1 atom stereocenters. The fourth-order valence-corrected chi connectivity index (χ4v) is 4.04. The van der Waals surface area contributed by atoms with Crippen molar-refractivity contribution in [2.24, 2.45) is 0 Å². The van der Waals surface area contributed by atoms with E-state index in [9.17, 15) is 9.59 Å². The Hall–Kier alpha value is -3.26. The van der Waals surface area contributed by atoms with Gasteiger partial charge in [0, 0.05) is 17.9 Å². The molecule has 0 saturated carbocycles. The zero-order valence-corrected chi connectivity index (χ0v) is 15.9. The molecular weight excluding hydrogens is 374 g/mol. The molecule has 0 spiro atoms. The molecule has 142 valence electrons. The van der Waals surface area contributed by atoms with Crippen molar-refractivity contribution in [2.75, 3.05) is 17.2 Å². The van der Waals surface area contributed by atoms with E-state index in [0.29, 0.717) is 17.2 Å². The SMILES string of the molecule is O=C(Nc1ccccc1)c1nnc(C2CCCN2C(=O)Nc2ccccc2)s1. The molecule has 7 nitrogen and oxygen atoms in total. The summed E-state index contributed by atoms with van der Waals surface area (Å²) in [6.07, 6.45) is 1.69. The van der Waals surface area contributed by atoms with Gasteiger partial charge in [-0.1, -0.05) is 47.7 Å². The molecule has 8 heteroatoms. The van der Waals surface area contributed by atoms with Gasteiger partial charge in [0.15, 0.2) is 0 Å². The molecule has 0 aliphatic carbocycles. The molecule has 1 aliphatic heterocycles. The lowest BCUT2D eigenvalue weighted by Crippen LogP contribution is -2.34. The van der Waals surface area contributed by atoms with E-state index < -0.39 is 0 Å². The topological polar surface area (TPSA) is 87.2 Å². The number of carbonyl (C=O) groups is 2. The summed E-state index contributed by atoms with van der Waals surface area (Å²) in [7, 11) is 0. The minimum absolute atomic E-state index is 0.167. The summed E-state index contributed by atoms with van der Waals surface area (Å²) in [5.41, 5.74) is 1.45. The van der Waals surface area contributed by atoms with Crippen LogP contribution >= 0.6 is 11.3 Å². The first-order valence-electron chi connectivity index (χ1n) is 9.03. The number of hydrogen-bond acceptors (Lipinski definition) is 5. The molecule has 0 bridgehead atoms. The fraction of sp³-hybridized carbons (Fsp3) is 0.200. The van der Waals surface area contributed by atoms with Crippen molar-refractivity contribution in [1.82, 2.24) is 15.1 Å². The van der Waals surface area contributed by atoms with E-state index in [1.807, 2.05) is 60.7 Å². The summed E-state index contributed by atoms with van der Waals surface area (Å²) in [5, 5.41) is 14.9. The van der Waals surface area contributed by atoms with Crippen LogP contribution in [-0.2, 0) is 0 Å². The van der Waals surface area contributed by atoms with E-state index in [0.717, 1.165) is 18.5 Å². The van der Waals surface area contributed by atoms with Crippen LogP contribution in [0.25, 0.3) is 0 Å². The maximum absolute atomic E-state index is 12.7. The van der Waals surface area contributed by atoms with Crippen molar-refractivity contribution >= 4 is 34.6 Å². The molecule has 3 amide bonds. The quantitative estimate of drug-likeness (QED) is 0.697. The van der Waals surface area contributed by atoms with Crippen LogP contribution in [0.15, 0.2) is 60.7 Å². The second-order valence-corrected chi connectivity index (χ2v) is 7.42. The van der Waals surface area contributed by atoms with Crippen LogP contribution in [0.4, 0.5) is 16.2 Å². The van der Waals surface area contributed by atoms with Gasteiger partial charge in [0.1, 0.15) is 5.01 Å². The van der Waals surface area contributed by atoms with Gasteiger partial charge in [-0.3, -0.25) is 4.79 Å². The Morgan fingerprint density at radius 2 is 1.57 bits per heavy atom. The lowest BCUT2D eigenvalue weighted by atomic mass is 10.2. The van der Waals surface area contributed by atoms with Gasteiger partial charge in [0.2, 0.25) is 5.01 Å². The molecule has 1 fully saturated rings. The number of para-hydroxylation sites is 2. The van der Waals surface area contributed by atoms with Crippen LogP contribution in [0.3, 0.4) is 0 Å². The third-order valence-electron chi connectivity index (χ3n) is 4.49. The highest BCUT2D eigenvalue weighted by atomic mass is 32.1. The number of carbonyl (C=O) groups excluding carboxylic acids is 2. The summed E-state index contributed by atoms with van der Waals surface area (Å²) in [6.45, 7) is 0.647. The second kappa shape index (κ2) is 8.18. The van der Waals surface area contributed by atoms with Gasteiger partial charge in [0.05, 0.1) is 6.04 Å². The number of aromatic nitrogens is 2. The normalized spacial score (nSPS) is 16.0. The highest BCUT2D eigenvalue weighted by molar-refractivity contribution is 7.13. The predicted molar refractivity (Wildman–Crippen MR) is 108 cm³/mol. The minimum atomic E-state index is -0.298. The van der Waals surface area contributed by atoms with Crippen LogP contribution < -0.4 is 10.6 Å². The number of likely N-dealkylation sites (tertiary alicyclic amines) is 1. The van der Waals surface area contributed by atoms with Crippen molar-refractivity contribution in [2.45, 2.75) is 18.9 Å². The van der Waals surface area contributed by atoms with Crippen molar-refractivity contribution in [1.29, 1.82) is 0 Å². The Morgan fingerprint density at radius 3 is 2.25 bits per heavy atom. The fourth-order valence-electron chi connectivity index (χ4n) is 3.15.